The van der Waals surface area contributed by atoms with Crippen molar-refractivity contribution in [2.75, 3.05) is 0 Å². The number of esters is 1. The molecule has 5 nitrogen and oxygen atoms in total. The van der Waals surface area contributed by atoms with Crippen LogP contribution in [0, 0.1) is 5.92 Å². The molecule has 3 atom stereocenters. The van der Waals surface area contributed by atoms with Crippen LogP contribution in [0.2, 0.25) is 0 Å². The minimum absolute atomic E-state index is 0.268. The summed E-state index contributed by atoms with van der Waals surface area (Å²) in [4.78, 5) is 34.8. The number of ether oxygens (including phenoxy) is 1. The molecule has 1 aliphatic rings. The van der Waals surface area contributed by atoms with E-state index in [1.807, 2.05) is 6.92 Å². The lowest BCUT2D eigenvalue weighted by molar-refractivity contribution is -0.162. The van der Waals surface area contributed by atoms with Crippen LogP contribution in [0.1, 0.15) is 27.2 Å². The topological polar surface area (TPSA) is 80.7 Å². The SMILES string of the molecule is C/C=C/C=C/C(=O)C[C@@H](O)[C@]1(C)OC(=O)[C@@H](C)C1=O. The Morgan fingerprint density at radius 3 is 2.58 bits per heavy atom. The zero-order chi connectivity index (χ0) is 14.6. The van der Waals surface area contributed by atoms with E-state index in [0.29, 0.717) is 0 Å². The van der Waals surface area contributed by atoms with Gasteiger partial charge in [0.15, 0.2) is 17.2 Å². The standard InChI is InChI=1S/C14H18O5/c1-4-5-6-7-10(15)8-11(16)14(3)12(17)9(2)13(18)19-14/h4-7,9,11,16H,8H2,1-3H3/b5-4+,7-6+/t9-,11+,14-/m0/s1. The van der Waals surface area contributed by atoms with Crippen LogP contribution in [-0.2, 0) is 19.1 Å². The van der Waals surface area contributed by atoms with E-state index in [1.54, 1.807) is 18.2 Å². The average Bonchev–Trinajstić information content (AvgIpc) is 2.55. The lowest BCUT2D eigenvalue weighted by Crippen LogP contribution is -2.46. The summed E-state index contributed by atoms with van der Waals surface area (Å²) in [5, 5.41) is 9.97. The molecule has 1 rings (SSSR count). The van der Waals surface area contributed by atoms with Crippen LogP contribution in [0.5, 0.6) is 0 Å². The number of cyclic esters (lactones) is 1. The van der Waals surface area contributed by atoms with Gasteiger partial charge in [-0.2, -0.15) is 0 Å². The number of hydrogen-bond donors (Lipinski definition) is 1. The van der Waals surface area contributed by atoms with E-state index in [0.717, 1.165) is 0 Å². The van der Waals surface area contributed by atoms with E-state index >= 15 is 0 Å². The third-order valence-corrected chi connectivity index (χ3v) is 3.16. The Morgan fingerprint density at radius 1 is 1.47 bits per heavy atom. The molecular formula is C14H18O5. The van der Waals surface area contributed by atoms with Gasteiger partial charge in [-0.1, -0.05) is 18.2 Å². The Bertz CT molecular complexity index is 449. The van der Waals surface area contributed by atoms with Crippen LogP contribution in [0.25, 0.3) is 0 Å². The predicted octanol–water partition coefficient (Wildman–Crippen LogP) is 0.960. The number of carbonyl (C=O) groups excluding carboxylic acids is 3. The van der Waals surface area contributed by atoms with Gasteiger partial charge in [0.05, 0.1) is 0 Å². The van der Waals surface area contributed by atoms with Crippen molar-refractivity contribution in [3.8, 4) is 0 Å². The van der Waals surface area contributed by atoms with Crippen LogP contribution in [0.15, 0.2) is 24.3 Å². The molecule has 1 fully saturated rings. The molecule has 0 aromatic carbocycles. The number of aliphatic hydroxyl groups is 1. The molecule has 1 heterocycles. The highest BCUT2D eigenvalue weighted by atomic mass is 16.6. The lowest BCUT2D eigenvalue weighted by Gasteiger charge is -2.26. The van der Waals surface area contributed by atoms with Crippen molar-refractivity contribution in [1.82, 2.24) is 0 Å². The molecule has 0 saturated carbocycles. The zero-order valence-electron chi connectivity index (χ0n) is 11.3. The van der Waals surface area contributed by atoms with Crippen molar-refractivity contribution in [3.63, 3.8) is 0 Å². The first-order valence-corrected chi connectivity index (χ1v) is 6.10. The van der Waals surface area contributed by atoms with Crippen molar-refractivity contribution in [2.24, 2.45) is 5.92 Å². The molecule has 0 aromatic heterocycles. The van der Waals surface area contributed by atoms with Crippen LogP contribution < -0.4 is 0 Å². The summed E-state index contributed by atoms with van der Waals surface area (Å²) in [6.45, 7) is 4.57. The van der Waals surface area contributed by atoms with E-state index in [-0.39, 0.29) is 12.2 Å². The van der Waals surface area contributed by atoms with Gasteiger partial charge in [0, 0.05) is 6.42 Å². The molecule has 19 heavy (non-hydrogen) atoms. The fraction of sp³-hybridized carbons (Fsp3) is 0.500. The number of allylic oxidation sites excluding steroid dienone is 4. The maximum Gasteiger partial charge on any atom is 0.317 e. The second-order valence-corrected chi connectivity index (χ2v) is 4.69. The quantitative estimate of drug-likeness (QED) is 0.347. The van der Waals surface area contributed by atoms with Crippen LogP contribution in [0.3, 0.4) is 0 Å². The second kappa shape index (κ2) is 5.93. The molecule has 1 saturated heterocycles. The van der Waals surface area contributed by atoms with Crippen molar-refractivity contribution in [2.45, 2.75) is 38.9 Å². The van der Waals surface area contributed by atoms with Gasteiger partial charge in [-0.3, -0.25) is 14.4 Å². The molecule has 1 aliphatic heterocycles. The van der Waals surface area contributed by atoms with Gasteiger partial charge in [-0.15, -0.1) is 0 Å². The summed E-state index contributed by atoms with van der Waals surface area (Å²) in [7, 11) is 0. The van der Waals surface area contributed by atoms with E-state index in [9.17, 15) is 19.5 Å². The van der Waals surface area contributed by atoms with Crippen molar-refractivity contribution in [3.05, 3.63) is 24.3 Å². The van der Waals surface area contributed by atoms with Crippen molar-refractivity contribution < 1.29 is 24.2 Å². The van der Waals surface area contributed by atoms with Gasteiger partial charge in [-0.25, -0.2) is 0 Å². The number of hydrogen-bond acceptors (Lipinski definition) is 5. The first-order valence-electron chi connectivity index (χ1n) is 6.10. The first kappa shape index (κ1) is 15.3. The number of ketones is 2. The van der Waals surface area contributed by atoms with Gasteiger partial charge in [-0.05, 0) is 26.8 Å². The first-order chi connectivity index (χ1) is 8.82. The molecule has 0 aromatic rings. The van der Waals surface area contributed by atoms with Crippen molar-refractivity contribution in [1.29, 1.82) is 0 Å². The molecule has 1 N–H and O–H groups in total. The zero-order valence-corrected chi connectivity index (χ0v) is 11.3. The summed E-state index contributed by atoms with van der Waals surface area (Å²) in [5.41, 5.74) is -1.62. The normalized spacial score (nSPS) is 29.2. The van der Waals surface area contributed by atoms with Gasteiger partial charge in [0.25, 0.3) is 0 Å². The highest BCUT2D eigenvalue weighted by molar-refractivity contribution is 6.09. The fourth-order valence-electron chi connectivity index (χ4n) is 1.84. The number of rotatable bonds is 5. The summed E-state index contributed by atoms with van der Waals surface area (Å²) < 4.78 is 4.93. The summed E-state index contributed by atoms with van der Waals surface area (Å²) in [6, 6.07) is 0. The number of aliphatic hydroxyl groups excluding tert-OH is 1. The monoisotopic (exact) mass is 266 g/mol. The summed E-state index contributed by atoms with van der Waals surface area (Å²) in [5.74, 6) is -2.39. The van der Waals surface area contributed by atoms with Gasteiger partial charge in [0.1, 0.15) is 12.0 Å². The largest absolute Gasteiger partial charge is 0.448 e. The minimum Gasteiger partial charge on any atom is -0.448 e. The second-order valence-electron chi connectivity index (χ2n) is 4.69. The van der Waals surface area contributed by atoms with Crippen LogP contribution >= 0.6 is 0 Å². The Balaban J connectivity index is 2.73. The van der Waals surface area contributed by atoms with Crippen molar-refractivity contribution >= 4 is 17.5 Å². The van der Waals surface area contributed by atoms with E-state index in [4.69, 9.17) is 4.74 Å². The maximum absolute atomic E-state index is 11.9. The highest BCUT2D eigenvalue weighted by Gasteiger charge is 2.54. The highest BCUT2D eigenvalue weighted by Crippen LogP contribution is 2.31. The predicted molar refractivity (Wildman–Crippen MR) is 68.3 cm³/mol. The maximum atomic E-state index is 11.9. The number of Topliss-reactive ketones (excluding diaryl/α,β-unsaturated/α-hetero) is 1. The molecule has 0 spiro atoms. The lowest BCUT2D eigenvalue weighted by atomic mass is 9.87. The number of carbonyl (C=O) groups is 3. The third kappa shape index (κ3) is 3.17. The molecule has 5 heteroatoms. The van der Waals surface area contributed by atoms with Crippen LogP contribution in [-0.4, -0.2) is 34.3 Å². The smallest absolute Gasteiger partial charge is 0.317 e. The van der Waals surface area contributed by atoms with Gasteiger partial charge >= 0.3 is 5.97 Å². The molecule has 0 aliphatic carbocycles. The molecular weight excluding hydrogens is 248 g/mol. The van der Waals surface area contributed by atoms with E-state index in [1.165, 1.54) is 19.9 Å². The van der Waals surface area contributed by atoms with E-state index in [2.05, 4.69) is 0 Å². The third-order valence-electron chi connectivity index (χ3n) is 3.16. The summed E-state index contributed by atoms with van der Waals surface area (Å²) >= 11 is 0. The van der Waals surface area contributed by atoms with E-state index < -0.39 is 29.4 Å². The fourth-order valence-corrected chi connectivity index (χ4v) is 1.84. The van der Waals surface area contributed by atoms with Gasteiger partial charge in [0.2, 0.25) is 0 Å². The molecule has 0 unspecified atom stereocenters. The minimum atomic E-state index is -1.62. The van der Waals surface area contributed by atoms with Gasteiger partial charge < -0.3 is 9.84 Å². The van der Waals surface area contributed by atoms with Crippen LogP contribution in [0.4, 0.5) is 0 Å². The Kier molecular flexibility index (Phi) is 4.78. The molecule has 0 bridgehead atoms. The Morgan fingerprint density at radius 2 is 2.11 bits per heavy atom. The molecule has 0 radical (unpaired) electrons. The average molecular weight is 266 g/mol. The molecule has 0 amide bonds. The molecule has 104 valence electrons. The Hall–Kier alpha value is -1.75. The Labute approximate surface area is 111 Å². The summed E-state index contributed by atoms with van der Waals surface area (Å²) in [6.07, 6.45) is 4.67.